The van der Waals surface area contributed by atoms with E-state index in [1.807, 2.05) is 0 Å². The number of hydrogen-bond donors (Lipinski definition) is 1. The molecule has 1 aliphatic heterocycles. The molecule has 0 bridgehead atoms. The summed E-state index contributed by atoms with van der Waals surface area (Å²) >= 11 is 0. The van der Waals surface area contributed by atoms with Gasteiger partial charge in [0.1, 0.15) is 5.76 Å². The van der Waals surface area contributed by atoms with Gasteiger partial charge in [0.05, 0.1) is 47.3 Å². The van der Waals surface area contributed by atoms with Gasteiger partial charge in [0.2, 0.25) is 16.9 Å². The number of piperidine rings is 1. The minimum Gasteiger partial charge on any atom is -0.502 e. The van der Waals surface area contributed by atoms with Gasteiger partial charge in [-0.3, -0.25) is 14.5 Å². The van der Waals surface area contributed by atoms with E-state index in [2.05, 4.69) is 4.90 Å². The van der Waals surface area contributed by atoms with E-state index < -0.39 is 23.1 Å². The number of carbonyl (C=O) groups excluding carboxylic acids is 1. The maximum absolute atomic E-state index is 12.6. The predicted molar refractivity (Wildman–Crippen MR) is 120 cm³/mol. The Bertz CT molecular complexity index is 1000. The smallest absolute Gasteiger partial charge is 0.306 e. The molecule has 2 heterocycles. The molecule has 9 heteroatoms. The van der Waals surface area contributed by atoms with Crippen molar-refractivity contribution < 1.29 is 33.3 Å². The summed E-state index contributed by atoms with van der Waals surface area (Å²) in [4.78, 5) is 27.1. The van der Waals surface area contributed by atoms with E-state index in [0.29, 0.717) is 35.1 Å². The van der Waals surface area contributed by atoms with Gasteiger partial charge in [-0.05, 0) is 43.6 Å². The van der Waals surface area contributed by atoms with Crippen molar-refractivity contribution in [3.8, 4) is 23.0 Å². The summed E-state index contributed by atoms with van der Waals surface area (Å²) in [5.74, 6) is -0.352. The summed E-state index contributed by atoms with van der Waals surface area (Å²) < 4.78 is 27.2. The Morgan fingerprint density at radius 3 is 2.21 bits per heavy atom. The van der Waals surface area contributed by atoms with E-state index in [-0.39, 0.29) is 12.2 Å². The molecule has 33 heavy (non-hydrogen) atoms. The van der Waals surface area contributed by atoms with Crippen molar-refractivity contribution in [2.75, 3.05) is 41.5 Å². The highest BCUT2D eigenvalue weighted by Gasteiger charge is 2.29. The maximum Gasteiger partial charge on any atom is 0.306 e. The quantitative estimate of drug-likeness (QED) is 0.564. The molecule has 9 nitrogen and oxygen atoms in total. The zero-order chi connectivity index (χ0) is 24.0. The number of likely N-dealkylation sites (tertiary alicyclic amines) is 1. The first-order valence-electron chi connectivity index (χ1n) is 10.9. The van der Waals surface area contributed by atoms with Gasteiger partial charge in [-0.15, -0.1) is 0 Å². The zero-order valence-electron chi connectivity index (χ0n) is 19.5. The third-order valence-electron chi connectivity index (χ3n) is 5.83. The molecule has 0 amide bonds. The van der Waals surface area contributed by atoms with Gasteiger partial charge in [0.15, 0.2) is 17.3 Å². The number of methoxy groups -OCH3 is 4. The highest BCUT2D eigenvalue weighted by molar-refractivity contribution is 5.71. The van der Waals surface area contributed by atoms with Crippen LogP contribution in [-0.2, 0) is 16.1 Å². The number of hydrogen-bond acceptors (Lipinski definition) is 9. The molecule has 0 unspecified atom stereocenters. The molecule has 3 rings (SSSR count). The molecule has 1 aromatic carbocycles. The summed E-state index contributed by atoms with van der Waals surface area (Å²) in [6.07, 6.45) is 3.19. The first kappa shape index (κ1) is 24.4. The van der Waals surface area contributed by atoms with Gasteiger partial charge in [0.25, 0.3) is 0 Å². The molecular weight excluding hydrogens is 430 g/mol. The van der Waals surface area contributed by atoms with E-state index in [0.717, 1.165) is 25.9 Å². The fraction of sp³-hybridized carbons (Fsp3) is 0.500. The van der Waals surface area contributed by atoms with E-state index in [9.17, 15) is 14.7 Å². The SMILES string of the molecule is COC(=O)C[C@@H](c1cc(OC)c(OC)c(OC)c1)c1oc(CN2CCCCC2)cc(=O)c1O. The van der Waals surface area contributed by atoms with Crippen LogP contribution in [0, 0.1) is 0 Å². The Hall–Kier alpha value is -3.20. The lowest BCUT2D eigenvalue weighted by atomic mass is 9.91. The molecule has 1 atom stereocenters. The van der Waals surface area contributed by atoms with E-state index >= 15 is 0 Å². The standard InChI is InChI=1S/C24H31NO8/c1-29-19-10-15(11-20(30-2)24(19)32-4)17(13-21(27)31-3)23-22(28)18(26)12-16(33-23)14-25-8-6-5-7-9-25/h10-12,17,28H,5-9,13-14H2,1-4H3/t17-/m0/s1. The van der Waals surface area contributed by atoms with Gasteiger partial charge < -0.3 is 28.5 Å². The van der Waals surface area contributed by atoms with Crippen LogP contribution in [0.3, 0.4) is 0 Å². The van der Waals surface area contributed by atoms with Gasteiger partial charge in [-0.1, -0.05) is 6.42 Å². The van der Waals surface area contributed by atoms with Crippen LogP contribution in [0.2, 0.25) is 0 Å². The number of ether oxygens (including phenoxy) is 4. The summed E-state index contributed by atoms with van der Waals surface area (Å²) in [6.45, 7) is 2.28. The minimum atomic E-state index is -0.819. The minimum absolute atomic E-state index is 0.00539. The van der Waals surface area contributed by atoms with E-state index in [1.54, 1.807) is 12.1 Å². The fourth-order valence-corrected chi connectivity index (χ4v) is 4.12. The van der Waals surface area contributed by atoms with Gasteiger partial charge in [0, 0.05) is 6.07 Å². The molecule has 1 aliphatic rings. The first-order chi connectivity index (χ1) is 15.9. The summed E-state index contributed by atoms with van der Waals surface area (Å²) in [6, 6.07) is 4.62. The van der Waals surface area contributed by atoms with Crippen LogP contribution >= 0.6 is 0 Å². The highest BCUT2D eigenvalue weighted by atomic mass is 16.5. The third-order valence-corrected chi connectivity index (χ3v) is 5.83. The zero-order valence-corrected chi connectivity index (χ0v) is 19.5. The van der Waals surface area contributed by atoms with Crippen molar-refractivity contribution >= 4 is 5.97 Å². The predicted octanol–water partition coefficient (Wildman–Crippen LogP) is 3.05. The molecule has 2 aromatic rings. The Kier molecular flexibility index (Phi) is 8.21. The van der Waals surface area contributed by atoms with Crippen LogP contribution < -0.4 is 19.6 Å². The summed E-state index contributed by atoms with van der Waals surface area (Å²) in [7, 11) is 5.72. The molecule has 1 saturated heterocycles. The third kappa shape index (κ3) is 5.60. The van der Waals surface area contributed by atoms with Crippen molar-refractivity contribution in [3.05, 3.63) is 45.5 Å². The number of aromatic hydroxyl groups is 1. The number of esters is 1. The Morgan fingerprint density at radius 2 is 1.67 bits per heavy atom. The Labute approximate surface area is 192 Å². The van der Waals surface area contributed by atoms with Crippen LogP contribution in [0.4, 0.5) is 0 Å². The maximum atomic E-state index is 12.6. The number of benzene rings is 1. The molecule has 1 fully saturated rings. The van der Waals surface area contributed by atoms with Crippen LogP contribution in [0.25, 0.3) is 0 Å². The van der Waals surface area contributed by atoms with E-state index in [1.165, 1.54) is 40.9 Å². The van der Waals surface area contributed by atoms with Crippen LogP contribution in [-0.4, -0.2) is 57.5 Å². The van der Waals surface area contributed by atoms with Crippen LogP contribution in [0.1, 0.15) is 48.7 Å². The van der Waals surface area contributed by atoms with Gasteiger partial charge >= 0.3 is 5.97 Å². The molecule has 0 radical (unpaired) electrons. The molecule has 0 saturated carbocycles. The van der Waals surface area contributed by atoms with Crippen molar-refractivity contribution in [1.29, 1.82) is 0 Å². The first-order valence-corrected chi connectivity index (χ1v) is 10.9. The van der Waals surface area contributed by atoms with Gasteiger partial charge in [-0.2, -0.15) is 0 Å². The van der Waals surface area contributed by atoms with Crippen molar-refractivity contribution in [2.45, 2.75) is 38.1 Å². The molecule has 0 aliphatic carbocycles. The lowest BCUT2D eigenvalue weighted by Gasteiger charge is -2.26. The van der Waals surface area contributed by atoms with Crippen LogP contribution in [0.5, 0.6) is 23.0 Å². The normalized spacial score (nSPS) is 15.0. The fourth-order valence-electron chi connectivity index (χ4n) is 4.12. The molecule has 1 aromatic heterocycles. The van der Waals surface area contributed by atoms with Crippen molar-refractivity contribution in [2.24, 2.45) is 0 Å². The largest absolute Gasteiger partial charge is 0.502 e. The average Bonchev–Trinajstić information content (AvgIpc) is 2.84. The number of nitrogens with zero attached hydrogens (tertiary/aromatic N) is 1. The monoisotopic (exact) mass is 461 g/mol. The second-order valence-electron chi connectivity index (χ2n) is 7.92. The van der Waals surface area contributed by atoms with E-state index in [4.69, 9.17) is 23.4 Å². The molecular formula is C24H31NO8. The summed E-state index contributed by atoms with van der Waals surface area (Å²) in [5.41, 5.74) is -0.0333. The average molecular weight is 462 g/mol. The highest BCUT2D eigenvalue weighted by Crippen LogP contribution is 2.43. The topological polar surface area (TPSA) is 108 Å². The number of rotatable bonds is 9. The second-order valence-corrected chi connectivity index (χ2v) is 7.92. The molecule has 0 spiro atoms. The Balaban J connectivity index is 2.11. The van der Waals surface area contributed by atoms with Crippen LogP contribution in [0.15, 0.2) is 27.4 Å². The number of carbonyl (C=O) groups is 1. The summed E-state index contributed by atoms with van der Waals surface area (Å²) in [5, 5.41) is 10.6. The second kappa shape index (κ2) is 11.1. The lowest BCUT2D eigenvalue weighted by Crippen LogP contribution is -2.29. The molecule has 1 N–H and O–H groups in total. The van der Waals surface area contributed by atoms with Crippen molar-refractivity contribution in [3.63, 3.8) is 0 Å². The molecule has 180 valence electrons. The van der Waals surface area contributed by atoms with Crippen molar-refractivity contribution in [1.82, 2.24) is 4.90 Å². The lowest BCUT2D eigenvalue weighted by molar-refractivity contribution is -0.140. The Morgan fingerprint density at radius 1 is 1.03 bits per heavy atom. The van der Waals surface area contributed by atoms with Gasteiger partial charge in [-0.25, -0.2) is 0 Å².